The summed E-state index contributed by atoms with van der Waals surface area (Å²) in [7, 11) is 0. The number of rotatable bonds is 2. The first-order chi connectivity index (χ1) is 19.1. The molecule has 5 aromatic rings. The van der Waals surface area contributed by atoms with E-state index >= 15 is 0 Å². The van der Waals surface area contributed by atoms with Crippen LogP contribution >= 0.6 is 0 Å². The summed E-state index contributed by atoms with van der Waals surface area (Å²) in [6, 6.07) is 35.1. The van der Waals surface area contributed by atoms with Crippen LogP contribution in [0, 0.1) is 10.4 Å². The van der Waals surface area contributed by atoms with E-state index < -0.39 is 0 Å². The highest BCUT2D eigenvalue weighted by atomic mass is 14.8. The highest BCUT2D eigenvalue weighted by Crippen LogP contribution is 2.52. The van der Waals surface area contributed by atoms with Gasteiger partial charge in [-0.3, -0.25) is 0 Å². The number of hydrogen-bond donors (Lipinski definition) is 0. The minimum Gasteiger partial charge on any atom is -0.248 e. The van der Waals surface area contributed by atoms with E-state index in [1.807, 2.05) is 0 Å². The van der Waals surface area contributed by atoms with E-state index in [-0.39, 0.29) is 10.8 Å². The van der Waals surface area contributed by atoms with Crippen LogP contribution < -0.4 is 10.7 Å². The van der Waals surface area contributed by atoms with E-state index in [0.29, 0.717) is 0 Å². The van der Waals surface area contributed by atoms with Crippen molar-refractivity contribution in [3.8, 4) is 33.4 Å². The van der Waals surface area contributed by atoms with Gasteiger partial charge in [0.05, 0.1) is 22.1 Å². The molecule has 2 nitrogen and oxygen atoms in total. The van der Waals surface area contributed by atoms with Crippen molar-refractivity contribution in [1.82, 2.24) is 0 Å². The third-order valence-electron chi connectivity index (χ3n) is 8.29. The summed E-state index contributed by atoms with van der Waals surface area (Å²) in [5.41, 5.74) is 12.1. The Morgan fingerprint density at radius 2 is 1.05 bits per heavy atom. The molecule has 2 aliphatic heterocycles. The minimum absolute atomic E-state index is 0.00305. The summed E-state index contributed by atoms with van der Waals surface area (Å²) in [4.78, 5) is 10.4. The van der Waals surface area contributed by atoms with E-state index in [0.717, 1.165) is 27.7 Å². The Bertz CT molecular complexity index is 2070. The molecule has 0 saturated carbocycles. The van der Waals surface area contributed by atoms with Crippen LogP contribution in [0.1, 0.15) is 52.7 Å². The number of para-hydroxylation sites is 1. The van der Waals surface area contributed by atoms with Gasteiger partial charge in [0, 0.05) is 21.6 Å². The van der Waals surface area contributed by atoms with Crippen LogP contribution in [0.25, 0.3) is 33.4 Å². The summed E-state index contributed by atoms with van der Waals surface area (Å²) in [6.45, 7) is 13.8. The van der Waals surface area contributed by atoms with Crippen molar-refractivity contribution in [2.75, 3.05) is 0 Å². The Morgan fingerprint density at radius 1 is 0.425 bits per heavy atom. The summed E-state index contributed by atoms with van der Waals surface area (Å²) < 4.78 is 0. The Morgan fingerprint density at radius 3 is 1.77 bits per heavy atom. The van der Waals surface area contributed by atoms with Crippen molar-refractivity contribution in [1.29, 1.82) is 0 Å². The first kappa shape index (κ1) is 24.7. The third-order valence-corrected chi connectivity index (χ3v) is 8.29. The SMILES string of the molecule is CC(C)(C)c1ccccc1-c1ccc2c(c1-c1ccccc1C(C)(C)C)-c1c3c(ccc1=N2)=c1ccccc1=N3. The topological polar surface area (TPSA) is 24.7 Å². The second-order valence-electron chi connectivity index (χ2n) is 13.1. The smallest absolute Gasteiger partial charge is 0.0817 e. The third kappa shape index (κ3) is 3.70. The highest BCUT2D eigenvalue weighted by Gasteiger charge is 2.30. The monoisotopic (exact) mass is 518 g/mol. The number of nitrogens with zero attached hydrogens (tertiary/aromatic N) is 2. The standard InChI is InChI=1S/C38H34N2/c1-37(2,3)28-16-10-7-13-23(28)25-19-21-31-34(33(25)27-15-8-11-17-29(27)38(4,5)6)35-32(39-31)22-20-26-24-14-9-12-18-30(24)40-36(26)35/h7-22H,1-6H3. The lowest BCUT2D eigenvalue weighted by atomic mass is 9.76. The van der Waals surface area contributed by atoms with E-state index in [4.69, 9.17) is 9.98 Å². The van der Waals surface area contributed by atoms with E-state index in [1.165, 1.54) is 49.4 Å². The molecule has 5 aromatic carbocycles. The summed E-state index contributed by atoms with van der Waals surface area (Å²) >= 11 is 0. The average molecular weight is 519 g/mol. The molecule has 0 aromatic heterocycles. The second kappa shape index (κ2) is 8.60. The Kier molecular flexibility index (Phi) is 5.31. The lowest BCUT2D eigenvalue weighted by Crippen LogP contribution is -2.14. The predicted octanol–water partition coefficient (Wildman–Crippen LogP) is 9.10. The van der Waals surface area contributed by atoms with Gasteiger partial charge in [-0.25, -0.2) is 9.98 Å². The Hall–Kier alpha value is -4.30. The molecule has 0 spiro atoms. The first-order valence-electron chi connectivity index (χ1n) is 14.2. The van der Waals surface area contributed by atoms with Gasteiger partial charge in [0.2, 0.25) is 0 Å². The van der Waals surface area contributed by atoms with Crippen LogP contribution in [0.3, 0.4) is 0 Å². The maximum absolute atomic E-state index is 5.19. The summed E-state index contributed by atoms with van der Waals surface area (Å²) in [5, 5.41) is 4.42. The van der Waals surface area contributed by atoms with E-state index in [1.54, 1.807) is 0 Å². The van der Waals surface area contributed by atoms with Crippen molar-refractivity contribution in [3.63, 3.8) is 0 Å². The van der Waals surface area contributed by atoms with Crippen LogP contribution in [0.5, 0.6) is 0 Å². The maximum Gasteiger partial charge on any atom is 0.0817 e. The fourth-order valence-corrected chi connectivity index (χ4v) is 6.47. The van der Waals surface area contributed by atoms with E-state index in [2.05, 4.69) is 139 Å². The van der Waals surface area contributed by atoms with Crippen molar-refractivity contribution >= 4 is 11.4 Å². The zero-order valence-corrected chi connectivity index (χ0v) is 24.1. The van der Waals surface area contributed by atoms with Gasteiger partial charge in [0.25, 0.3) is 0 Å². The largest absolute Gasteiger partial charge is 0.248 e. The zero-order chi connectivity index (χ0) is 27.8. The number of fused-ring (bicyclic) bond motifs is 6. The van der Waals surface area contributed by atoms with Crippen LogP contribution in [-0.2, 0) is 10.8 Å². The fourth-order valence-electron chi connectivity index (χ4n) is 6.47. The molecule has 0 fully saturated rings. The molecule has 0 saturated heterocycles. The predicted molar refractivity (Wildman–Crippen MR) is 166 cm³/mol. The average Bonchev–Trinajstić information content (AvgIpc) is 3.50. The quantitative estimate of drug-likeness (QED) is 0.218. The maximum atomic E-state index is 5.19. The van der Waals surface area contributed by atoms with Gasteiger partial charge in [0.1, 0.15) is 0 Å². The van der Waals surface area contributed by atoms with Gasteiger partial charge >= 0.3 is 0 Å². The molecular formula is C38H34N2. The van der Waals surface area contributed by atoms with Gasteiger partial charge in [0.15, 0.2) is 0 Å². The first-order valence-corrected chi connectivity index (χ1v) is 14.2. The lowest BCUT2D eigenvalue weighted by Gasteiger charge is -2.28. The van der Waals surface area contributed by atoms with Crippen molar-refractivity contribution in [3.05, 3.63) is 129 Å². The van der Waals surface area contributed by atoms with Crippen molar-refractivity contribution in [2.24, 2.45) is 9.98 Å². The second-order valence-corrected chi connectivity index (χ2v) is 13.1. The summed E-state index contributed by atoms with van der Waals surface area (Å²) in [6.07, 6.45) is 0. The van der Waals surface area contributed by atoms with Crippen molar-refractivity contribution < 1.29 is 0 Å². The molecule has 0 unspecified atom stereocenters. The molecule has 0 atom stereocenters. The molecule has 40 heavy (non-hydrogen) atoms. The molecule has 196 valence electrons. The fraction of sp³-hybridized carbons (Fsp3) is 0.211. The lowest BCUT2D eigenvalue weighted by molar-refractivity contribution is 0.591. The number of benzene rings is 5. The van der Waals surface area contributed by atoms with Crippen LogP contribution in [-0.4, -0.2) is 0 Å². The van der Waals surface area contributed by atoms with E-state index in [9.17, 15) is 0 Å². The number of hydrogen-bond acceptors (Lipinski definition) is 2. The normalized spacial score (nSPS) is 13.2. The zero-order valence-electron chi connectivity index (χ0n) is 24.1. The molecule has 0 amide bonds. The van der Waals surface area contributed by atoms with Gasteiger partial charge in [-0.2, -0.15) is 0 Å². The van der Waals surface area contributed by atoms with Crippen LogP contribution in [0.15, 0.2) is 107 Å². The van der Waals surface area contributed by atoms with Gasteiger partial charge in [-0.15, -0.1) is 0 Å². The molecular weight excluding hydrogens is 484 g/mol. The molecule has 2 heterocycles. The molecule has 2 heteroatoms. The molecule has 2 aliphatic rings. The molecule has 0 aliphatic carbocycles. The Labute approximate surface area is 236 Å². The van der Waals surface area contributed by atoms with Gasteiger partial charge < -0.3 is 0 Å². The van der Waals surface area contributed by atoms with Gasteiger partial charge in [-0.1, -0.05) is 114 Å². The van der Waals surface area contributed by atoms with Crippen LogP contribution in [0.2, 0.25) is 0 Å². The minimum atomic E-state index is -0.0298. The molecule has 7 rings (SSSR count). The summed E-state index contributed by atoms with van der Waals surface area (Å²) in [5.74, 6) is 0. The van der Waals surface area contributed by atoms with Crippen molar-refractivity contribution in [2.45, 2.75) is 52.4 Å². The molecule has 0 radical (unpaired) electrons. The molecule has 0 N–H and O–H groups in total. The molecule has 0 bridgehead atoms. The van der Waals surface area contributed by atoms with Crippen LogP contribution in [0.4, 0.5) is 11.4 Å². The Balaban J connectivity index is 1.65. The van der Waals surface area contributed by atoms with Gasteiger partial charge in [-0.05, 0) is 68.5 Å². The highest BCUT2D eigenvalue weighted by molar-refractivity contribution is 6.04.